The Morgan fingerprint density at radius 3 is 2.95 bits per heavy atom. The molecule has 0 radical (unpaired) electrons. The maximum atomic E-state index is 12.4. The van der Waals surface area contributed by atoms with Crippen molar-refractivity contribution < 1.29 is 19.4 Å². The molecule has 0 unspecified atom stereocenters. The summed E-state index contributed by atoms with van der Waals surface area (Å²) >= 11 is 1.57. The molecule has 2 aliphatic rings. The SMILES string of the molecule is O=C(O)[C@H]1CCCN1C(=O)[C@H]1CSc2ccccc2O1. The van der Waals surface area contributed by atoms with Gasteiger partial charge in [-0.1, -0.05) is 12.1 Å². The van der Waals surface area contributed by atoms with Crippen molar-refractivity contribution in [2.24, 2.45) is 0 Å². The minimum atomic E-state index is -0.931. The smallest absolute Gasteiger partial charge is 0.326 e. The highest BCUT2D eigenvalue weighted by Gasteiger charge is 2.39. The van der Waals surface area contributed by atoms with Crippen LogP contribution in [0.4, 0.5) is 0 Å². The fourth-order valence-electron chi connectivity index (χ4n) is 2.61. The lowest BCUT2D eigenvalue weighted by atomic mass is 10.2. The number of carbonyl (C=O) groups excluding carboxylic acids is 1. The van der Waals surface area contributed by atoms with Gasteiger partial charge in [-0.05, 0) is 25.0 Å². The number of benzene rings is 1. The number of amides is 1. The van der Waals surface area contributed by atoms with Crippen molar-refractivity contribution in [2.75, 3.05) is 12.3 Å². The molecule has 1 aromatic rings. The van der Waals surface area contributed by atoms with Crippen LogP contribution in [0.1, 0.15) is 12.8 Å². The quantitative estimate of drug-likeness (QED) is 0.897. The van der Waals surface area contributed by atoms with Crippen LogP contribution in [0.2, 0.25) is 0 Å². The number of para-hydroxylation sites is 1. The lowest BCUT2D eigenvalue weighted by Crippen LogP contribution is -2.48. The fraction of sp³-hybridized carbons (Fsp3) is 0.429. The minimum absolute atomic E-state index is 0.211. The molecule has 1 aromatic carbocycles. The normalized spacial score (nSPS) is 24.9. The van der Waals surface area contributed by atoms with Gasteiger partial charge in [-0.15, -0.1) is 11.8 Å². The van der Waals surface area contributed by atoms with Crippen LogP contribution in [0.3, 0.4) is 0 Å². The molecule has 5 nitrogen and oxygen atoms in total. The van der Waals surface area contributed by atoms with Gasteiger partial charge >= 0.3 is 5.97 Å². The van der Waals surface area contributed by atoms with Crippen LogP contribution in [-0.4, -0.2) is 46.3 Å². The topological polar surface area (TPSA) is 66.8 Å². The summed E-state index contributed by atoms with van der Waals surface area (Å²) in [7, 11) is 0. The monoisotopic (exact) mass is 293 g/mol. The molecule has 1 N–H and O–H groups in total. The number of likely N-dealkylation sites (tertiary alicyclic amines) is 1. The number of nitrogens with zero attached hydrogens (tertiary/aromatic N) is 1. The first-order valence-corrected chi connectivity index (χ1v) is 7.57. The molecule has 3 rings (SSSR count). The molecule has 0 bridgehead atoms. The molecule has 0 saturated carbocycles. The Bertz CT molecular complexity index is 548. The molecular weight excluding hydrogens is 278 g/mol. The van der Waals surface area contributed by atoms with E-state index in [9.17, 15) is 9.59 Å². The van der Waals surface area contributed by atoms with Gasteiger partial charge in [0.05, 0.1) is 0 Å². The number of carboxylic acids is 1. The first-order valence-electron chi connectivity index (χ1n) is 6.58. The third kappa shape index (κ3) is 2.35. The summed E-state index contributed by atoms with van der Waals surface area (Å²) in [6.45, 7) is 0.502. The fourth-order valence-corrected chi connectivity index (χ4v) is 3.59. The second kappa shape index (κ2) is 5.36. The summed E-state index contributed by atoms with van der Waals surface area (Å²) in [5.41, 5.74) is 0. The number of carbonyl (C=O) groups is 2. The Kier molecular flexibility index (Phi) is 3.56. The van der Waals surface area contributed by atoms with E-state index in [1.165, 1.54) is 4.90 Å². The number of carboxylic acid groups (broad SMARTS) is 1. The molecule has 2 aliphatic heterocycles. The highest BCUT2D eigenvalue weighted by Crippen LogP contribution is 2.35. The standard InChI is InChI=1S/C14H15NO4S/c16-13(15-7-3-4-9(15)14(17)18)11-8-20-12-6-2-1-5-10(12)19-11/h1-2,5-6,9,11H,3-4,7-8H2,(H,17,18)/t9-,11-/m1/s1. The second-order valence-electron chi connectivity index (χ2n) is 4.89. The Hall–Kier alpha value is -1.69. The molecule has 6 heteroatoms. The van der Waals surface area contributed by atoms with Crippen molar-refractivity contribution in [3.05, 3.63) is 24.3 Å². The van der Waals surface area contributed by atoms with Crippen molar-refractivity contribution in [1.29, 1.82) is 0 Å². The van der Waals surface area contributed by atoms with Crippen LogP contribution in [0.15, 0.2) is 29.2 Å². The molecule has 0 aliphatic carbocycles. The van der Waals surface area contributed by atoms with Crippen molar-refractivity contribution >= 4 is 23.6 Å². The number of rotatable bonds is 2. The summed E-state index contributed by atoms with van der Waals surface area (Å²) in [5.74, 6) is 0.0865. The average Bonchev–Trinajstić information content (AvgIpc) is 2.95. The first kappa shape index (κ1) is 13.3. The van der Waals surface area contributed by atoms with Gasteiger partial charge in [0.1, 0.15) is 11.8 Å². The van der Waals surface area contributed by atoms with Crippen LogP contribution in [0.25, 0.3) is 0 Å². The van der Waals surface area contributed by atoms with E-state index in [1.807, 2.05) is 24.3 Å². The Morgan fingerprint density at radius 1 is 1.35 bits per heavy atom. The van der Waals surface area contributed by atoms with E-state index in [4.69, 9.17) is 9.84 Å². The maximum Gasteiger partial charge on any atom is 0.326 e. The van der Waals surface area contributed by atoms with E-state index in [1.54, 1.807) is 11.8 Å². The van der Waals surface area contributed by atoms with Gasteiger partial charge in [0.2, 0.25) is 0 Å². The minimum Gasteiger partial charge on any atom is -0.480 e. The van der Waals surface area contributed by atoms with Gasteiger partial charge in [-0.3, -0.25) is 4.79 Å². The zero-order valence-electron chi connectivity index (χ0n) is 10.8. The number of hydrogen-bond donors (Lipinski definition) is 1. The van der Waals surface area contributed by atoms with Crippen LogP contribution in [0, 0.1) is 0 Å². The van der Waals surface area contributed by atoms with Gasteiger partial charge in [0, 0.05) is 17.2 Å². The van der Waals surface area contributed by atoms with E-state index in [2.05, 4.69) is 0 Å². The third-order valence-corrected chi connectivity index (χ3v) is 4.72. The average molecular weight is 293 g/mol. The van der Waals surface area contributed by atoms with Crippen molar-refractivity contribution in [3.8, 4) is 5.75 Å². The van der Waals surface area contributed by atoms with E-state index >= 15 is 0 Å². The van der Waals surface area contributed by atoms with E-state index < -0.39 is 18.1 Å². The van der Waals surface area contributed by atoms with Crippen molar-refractivity contribution in [2.45, 2.75) is 29.9 Å². The molecule has 0 spiro atoms. The number of fused-ring (bicyclic) bond motifs is 1. The van der Waals surface area contributed by atoms with Crippen molar-refractivity contribution in [1.82, 2.24) is 4.90 Å². The number of ether oxygens (including phenoxy) is 1. The Balaban J connectivity index is 1.74. The van der Waals surface area contributed by atoms with Gasteiger partial charge in [0.25, 0.3) is 5.91 Å². The van der Waals surface area contributed by atoms with Crippen molar-refractivity contribution in [3.63, 3.8) is 0 Å². The van der Waals surface area contributed by atoms with Gasteiger partial charge < -0.3 is 14.7 Å². The molecule has 2 heterocycles. The summed E-state index contributed by atoms with van der Waals surface area (Å²) in [6, 6.07) is 6.88. The summed E-state index contributed by atoms with van der Waals surface area (Å²) in [5, 5.41) is 9.15. The highest BCUT2D eigenvalue weighted by atomic mass is 32.2. The molecule has 1 fully saturated rings. The summed E-state index contributed by atoms with van der Waals surface area (Å²) < 4.78 is 5.73. The van der Waals surface area contributed by atoms with Gasteiger partial charge in [0.15, 0.2) is 6.10 Å². The highest BCUT2D eigenvalue weighted by molar-refractivity contribution is 7.99. The van der Waals surface area contributed by atoms with Crippen LogP contribution in [0.5, 0.6) is 5.75 Å². The lowest BCUT2D eigenvalue weighted by Gasteiger charge is -2.30. The lowest BCUT2D eigenvalue weighted by molar-refractivity contribution is -0.150. The van der Waals surface area contributed by atoms with Gasteiger partial charge in [-0.25, -0.2) is 4.79 Å². The zero-order valence-corrected chi connectivity index (χ0v) is 11.6. The zero-order chi connectivity index (χ0) is 14.1. The molecule has 20 heavy (non-hydrogen) atoms. The molecule has 106 valence electrons. The van der Waals surface area contributed by atoms with E-state index in [0.29, 0.717) is 24.5 Å². The number of hydrogen-bond acceptors (Lipinski definition) is 4. The Labute approximate surface area is 120 Å². The molecule has 1 amide bonds. The number of thioether (sulfide) groups is 1. The van der Waals surface area contributed by atoms with Gasteiger partial charge in [-0.2, -0.15) is 0 Å². The third-order valence-electron chi connectivity index (χ3n) is 3.60. The number of aliphatic carboxylic acids is 1. The van der Waals surface area contributed by atoms with E-state index in [-0.39, 0.29) is 5.91 Å². The first-order chi connectivity index (χ1) is 9.66. The Morgan fingerprint density at radius 2 is 2.15 bits per heavy atom. The molecule has 2 atom stereocenters. The van der Waals surface area contributed by atoms with Crippen LogP contribution < -0.4 is 4.74 Å². The largest absolute Gasteiger partial charge is 0.480 e. The maximum absolute atomic E-state index is 12.4. The predicted octanol–water partition coefficient (Wildman–Crippen LogP) is 1.62. The van der Waals surface area contributed by atoms with E-state index in [0.717, 1.165) is 11.3 Å². The summed E-state index contributed by atoms with van der Waals surface area (Å²) in [4.78, 5) is 26.1. The summed E-state index contributed by atoms with van der Waals surface area (Å²) in [6.07, 6.45) is 0.672. The molecule has 1 saturated heterocycles. The second-order valence-corrected chi connectivity index (χ2v) is 5.95. The molecule has 0 aromatic heterocycles. The predicted molar refractivity (Wildman–Crippen MR) is 74.0 cm³/mol. The molecular formula is C14H15NO4S. The van der Waals surface area contributed by atoms with Crippen LogP contribution in [-0.2, 0) is 9.59 Å². The van der Waals surface area contributed by atoms with Crippen LogP contribution >= 0.6 is 11.8 Å².